The Hall–Kier alpha value is -3.47. The molecule has 5 N–H and O–H groups in total. The number of carbonyl (C=O) groups is 1. The molecule has 0 spiro atoms. The summed E-state index contributed by atoms with van der Waals surface area (Å²) in [6.07, 6.45) is 3.96. The number of fused-ring (bicyclic) bond motifs is 1. The predicted molar refractivity (Wildman–Crippen MR) is 114 cm³/mol. The number of rotatable bonds is 3. The highest BCUT2D eigenvalue weighted by Gasteiger charge is 2.47. The molecule has 5 rings (SSSR count). The molecule has 10 heteroatoms. The maximum absolute atomic E-state index is 12.2. The summed E-state index contributed by atoms with van der Waals surface area (Å²) in [5, 5.41) is 17.8. The Morgan fingerprint density at radius 1 is 1.16 bits per heavy atom. The van der Waals surface area contributed by atoms with Crippen molar-refractivity contribution >= 4 is 17.5 Å². The number of amides is 1. The Morgan fingerprint density at radius 2 is 1.90 bits per heavy atom. The number of nitrogens with zero attached hydrogens (tertiary/aromatic N) is 5. The second-order valence-corrected chi connectivity index (χ2v) is 7.63. The van der Waals surface area contributed by atoms with Gasteiger partial charge in [0.2, 0.25) is 5.91 Å². The van der Waals surface area contributed by atoms with E-state index >= 15 is 0 Å². The van der Waals surface area contributed by atoms with Crippen molar-refractivity contribution in [1.82, 2.24) is 25.3 Å². The van der Waals surface area contributed by atoms with E-state index in [1.54, 1.807) is 42.4 Å². The molecule has 158 valence electrons. The van der Waals surface area contributed by atoms with Crippen LogP contribution >= 0.6 is 0 Å². The Morgan fingerprint density at radius 3 is 2.65 bits per heavy atom. The summed E-state index contributed by atoms with van der Waals surface area (Å²) in [5.74, 6) is 0.974. The molecule has 2 aromatic heterocycles. The normalized spacial score (nSPS) is 25.3. The lowest BCUT2D eigenvalue weighted by molar-refractivity contribution is -0.116. The van der Waals surface area contributed by atoms with Crippen molar-refractivity contribution in [3.63, 3.8) is 0 Å². The van der Waals surface area contributed by atoms with Crippen LogP contribution in [0, 0.1) is 0 Å². The number of benzene rings is 1. The second kappa shape index (κ2) is 7.34. The van der Waals surface area contributed by atoms with Gasteiger partial charge >= 0.3 is 0 Å². The van der Waals surface area contributed by atoms with Crippen molar-refractivity contribution in [2.24, 2.45) is 5.73 Å². The van der Waals surface area contributed by atoms with E-state index in [9.17, 15) is 9.90 Å². The molecule has 3 atom stereocenters. The van der Waals surface area contributed by atoms with E-state index < -0.39 is 17.8 Å². The zero-order chi connectivity index (χ0) is 21.6. The Kier molecular flexibility index (Phi) is 4.62. The standard InChI is InChI=1S/C21H22N8O2/c1-12-15-17(28-19(12)30)26-11-27-18(15)29-10-9-25-20(22)21(29,31)14-5-3-13(4-6-14)16-23-7-2-8-24-16/h2-8,11-12,20,25,31H,9-10,22H2,1H3,(H,26,27,28,30)/t12?,20?,21-/m1/s1. The van der Waals surface area contributed by atoms with Crippen LogP contribution in [-0.4, -0.2) is 50.2 Å². The maximum Gasteiger partial charge on any atom is 0.233 e. The first-order valence-electron chi connectivity index (χ1n) is 10.0. The number of anilines is 2. The molecule has 2 aliphatic heterocycles. The highest BCUT2D eigenvalue weighted by Crippen LogP contribution is 2.42. The summed E-state index contributed by atoms with van der Waals surface area (Å²) in [5.41, 5.74) is 6.85. The van der Waals surface area contributed by atoms with Gasteiger partial charge < -0.3 is 21.1 Å². The highest BCUT2D eigenvalue weighted by atomic mass is 16.3. The minimum Gasteiger partial charge on any atom is -0.364 e. The van der Waals surface area contributed by atoms with E-state index in [4.69, 9.17) is 5.73 Å². The van der Waals surface area contributed by atoms with Gasteiger partial charge in [-0.15, -0.1) is 0 Å². The minimum atomic E-state index is -1.60. The van der Waals surface area contributed by atoms with Gasteiger partial charge in [0, 0.05) is 42.2 Å². The maximum atomic E-state index is 12.2. The molecule has 0 saturated carbocycles. The van der Waals surface area contributed by atoms with E-state index in [-0.39, 0.29) is 5.91 Å². The number of nitrogens with one attached hydrogen (secondary N) is 2. The molecule has 0 bridgehead atoms. The summed E-state index contributed by atoms with van der Waals surface area (Å²) < 4.78 is 0. The molecular weight excluding hydrogens is 396 g/mol. The van der Waals surface area contributed by atoms with Gasteiger partial charge in [-0.3, -0.25) is 10.1 Å². The van der Waals surface area contributed by atoms with E-state index in [1.807, 2.05) is 12.1 Å². The molecule has 10 nitrogen and oxygen atoms in total. The molecular formula is C21H22N8O2. The van der Waals surface area contributed by atoms with Gasteiger partial charge in [-0.1, -0.05) is 24.3 Å². The van der Waals surface area contributed by atoms with Crippen LogP contribution in [-0.2, 0) is 10.5 Å². The number of piperazine rings is 1. The average Bonchev–Trinajstić information content (AvgIpc) is 3.10. The van der Waals surface area contributed by atoms with Gasteiger partial charge in [-0.2, -0.15) is 0 Å². The first-order chi connectivity index (χ1) is 15.0. The zero-order valence-electron chi connectivity index (χ0n) is 16.9. The predicted octanol–water partition coefficient (Wildman–Crippen LogP) is 0.529. The number of carbonyl (C=O) groups excluding carboxylic acids is 1. The van der Waals surface area contributed by atoms with Crippen LogP contribution in [0.5, 0.6) is 0 Å². The summed E-state index contributed by atoms with van der Waals surface area (Å²) in [4.78, 5) is 31.1. The van der Waals surface area contributed by atoms with Crippen LogP contribution in [0.1, 0.15) is 24.0 Å². The molecule has 0 radical (unpaired) electrons. The van der Waals surface area contributed by atoms with Crippen molar-refractivity contribution in [3.8, 4) is 11.4 Å². The van der Waals surface area contributed by atoms with Gasteiger partial charge in [0.25, 0.3) is 0 Å². The molecule has 4 heterocycles. The Balaban J connectivity index is 1.58. The van der Waals surface area contributed by atoms with Crippen molar-refractivity contribution in [2.45, 2.75) is 24.7 Å². The van der Waals surface area contributed by atoms with E-state index in [2.05, 4.69) is 30.6 Å². The topological polar surface area (TPSA) is 142 Å². The molecule has 2 aliphatic rings. The molecule has 31 heavy (non-hydrogen) atoms. The molecule has 3 aromatic rings. The molecule has 1 aromatic carbocycles. The lowest BCUT2D eigenvalue weighted by Gasteiger charge is -2.48. The number of nitrogens with two attached hydrogens (primary N) is 1. The fourth-order valence-electron chi connectivity index (χ4n) is 4.18. The quantitative estimate of drug-likeness (QED) is 0.479. The number of hydrogen-bond donors (Lipinski definition) is 4. The van der Waals surface area contributed by atoms with Crippen LogP contribution in [0.3, 0.4) is 0 Å². The fraction of sp³-hybridized carbons (Fsp3) is 0.286. The van der Waals surface area contributed by atoms with Crippen molar-refractivity contribution in [1.29, 1.82) is 0 Å². The lowest BCUT2D eigenvalue weighted by Crippen LogP contribution is -2.69. The first kappa shape index (κ1) is 19.5. The minimum absolute atomic E-state index is 0.146. The van der Waals surface area contributed by atoms with Gasteiger partial charge in [-0.25, -0.2) is 19.9 Å². The van der Waals surface area contributed by atoms with Crippen molar-refractivity contribution in [3.05, 3.63) is 60.2 Å². The summed E-state index contributed by atoms with van der Waals surface area (Å²) in [6, 6.07) is 9.06. The third kappa shape index (κ3) is 3.03. The van der Waals surface area contributed by atoms with Crippen LogP contribution in [0.4, 0.5) is 11.6 Å². The van der Waals surface area contributed by atoms with Crippen LogP contribution in [0.2, 0.25) is 0 Å². The Labute approximate surface area is 178 Å². The second-order valence-electron chi connectivity index (χ2n) is 7.63. The number of hydrogen-bond acceptors (Lipinski definition) is 9. The summed E-state index contributed by atoms with van der Waals surface area (Å²) in [6.45, 7) is 2.79. The van der Waals surface area contributed by atoms with Crippen LogP contribution in [0.25, 0.3) is 11.4 Å². The van der Waals surface area contributed by atoms with Gasteiger partial charge in [0.1, 0.15) is 24.1 Å². The van der Waals surface area contributed by atoms with Crippen LogP contribution < -0.4 is 21.3 Å². The van der Waals surface area contributed by atoms with Crippen LogP contribution in [0.15, 0.2) is 49.1 Å². The summed E-state index contributed by atoms with van der Waals surface area (Å²) in [7, 11) is 0. The van der Waals surface area contributed by atoms with Gasteiger partial charge in [0.05, 0.1) is 5.92 Å². The first-order valence-corrected chi connectivity index (χ1v) is 10.0. The van der Waals surface area contributed by atoms with E-state index in [1.165, 1.54) is 6.33 Å². The number of aliphatic hydroxyl groups is 1. The third-order valence-corrected chi connectivity index (χ3v) is 5.87. The SMILES string of the molecule is CC1C(=O)Nc2ncnc(N3CCNC(N)[C@]3(O)c3ccc(-c4ncccn4)cc3)c21. The van der Waals surface area contributed by atoms with E-state index in [0.717, 1.165) is 5.56 Å². The Bertz CT molecular complexity index is 1120. The largest absolute Gasteiger partial charge is 0.364 e. The summed E-state index contributed by atoms with van der Waals surface area (Å²) >= 11 is 0. The molecule has 0 aliphatic carbocycles. The fourth-order valence-corrected chi connectivity index (χ4v) is 4.18. The lowest BCUT2D eigenvalue weighted by atomic mass is 9.93. The third-order valence-electron chi connectivity index (χ3n) is 5.87. The van der Waals surface area contributed by atoms with E-state index in [0.29, 0.717) is 41.7 Å². The van der Waals surface area contributed by atoms with Gasteiger partial charge in [0.15, 0.2) is 11.5 Å². The zero-order valence-corrected chi connectivity index (χ0v) is 16.9. The van der Waals surface area contributed by atoms with Crippen molar-refractivity contribution in [2.75, 3.05) is 23.3 Å². The van der Waals surface area contributed by atoms with Gasteiger partial charge in [-0.05, 0) is 13.0 Å². The smallest absolute Gasteiger partial charge is 0.233 e. The molecule has 1 fully saturated rings. The number of aromatic nitrogens is 4. The molecule has 2 unspecified atom stereocenters. The monoisotopic (exact) mass is 418 g/mol. The average molecular weight is 418 g/mol. The van der Waals surface area contributed by atoms with Crippen molar-refractivity contribution < 1.29 is 9.90 Å². The molecule has 1 amide bonds. The molecule has 1 saturated heterocycles. The highest BCUT2D eigenvalue weighted by molar-refractivity contribution is 6.03.